The fourth-order valence-electron chi connectivity index (χ4n) is 5.67. The molecule has 1 unspecified atom stereocenters. The van der Waals surface area contributed by atoms with E-state index < -0.39 is 11.7 Å². The first-order chi connectivity index (χ1) is 20.4. The number of nitrogens with one attached hydrogen (secondary N) is 2. The first kappa shape index (κ1) is 28.8. The van der Waals surface area contributed by atoms with Crippen molar-refractivity contribution in [3.05, 3.63) is 82.9 Å². The predicted molar refractivity (Wildman–Crippen MR) is 160 cm³/mol. The molecule has 2 aliphatic heterocycles. The molecule has 0 saturated heterocycles. The number of carbonyl (C=O) groups excluding carboxylic acids is 3. The highest BCUT2D eigenvalue weighted by molar-refractivity contribution is 5.97. The molecule has 3 aromatic rings. The topological polar surface area (TPSA) is 109 Å². The van der Waals surface area contributed by atoms with Gasteiger partial charge in [0.15, 0.2) is 5.60 Å². The number of nitrogens with zero attached hydrogens (tertiary/aromatic N) is 2. The lowest BCUT2D eigenvalue weighted by atomic mass is 9.77. The molecule has 0 aliphatic carbocycles. The Morgan fingerprint density at radius 2 is 1.45 bits per heavy atom. The molecule has 0 fully saturated rings. The van der Waals surface area contributed by atoms with Crippen molar-refractivity contribution in [1.29, 1.82) is 0 Å². The molecule has 2 heterocycles. The van der Waals surface area contributed by atoms with E-state index >= 15 is 0 Å². The molecule has 5 rings (SSSR count). The first-order valence-electron chi connectivity index (χ1n) is 14.2. The van der Waals surface area contributed by atoms with Gasteiger partial charge in [-0.05, 0) is 44.2 Å². The highest BCUT2D eigenvalue weighted by Gasteiger charge is 2.53. The Balaban J connectivity index is 1.58. The maximum absolute atomic E-state index is 13.2. The van der Waals surface area contributed by atoms with Crippen LogP contribution in [0.25, 0.3) is 0 Å². The van der Waals surface area contributed by atoms with E-state index in [1.165, 1.54) is 7.05 Å². The molecule has 0 saturated carbocycles. The number of hydrogen-bond donors (Lipinski definition) is 2. The molecule has 0 aromatic heterocycles. The molecule has 0 radical (unpaired) electrons. The summed E-state index contributed by atoms with van der Waals surface area (Å²) >= 11 is 0. The molecule has 10 nitrogen and oxygen atoms in total. The van der Waals surface area contributed by atoms with Gasteiger partial charge in [-0.25, -0.2) is 9.59 Å². The Morgan fingerprint density at radius 1 is 0.833 bits per heavy atom. The molecule has 1 atom stereocenters. The summed E-state index contributed by atoms with van der Waals surface area (Å²) < 4.78 is 18.1. The molecule has 2 N–H and O–H groups in total. The van der Waals surface area contributed by atoms with Crippen LogP contribution in [-0.4, -0.2) is 64.9 Å². The van der Waals surface area contributed by atoms with E-state index in [0.717, 1.165) is 28.1 Å². The standard InChI is InChI=1S/C32H36N4O6/c1-5-35(16-15-29(37)33-3)21-11-13-25-27(19-21)41-28-20-22(36(6-2)17-18-40-31(39)34-4)12-14-26(28)32(25)24-10-8-7-9-23(24)30(38)42-32/h7-14,19-20H,5-6,15-18H2,1-4H3,(H,33,37)(H,34,39). The van der Waals surface area contributed by atoms with Crippen LogP contribution < -0.4 is 25.2 Å². The Bertz CT molecular complexity index is 1510. The number of hydrogen-bond acceptors (Lipinski definition) is 8. The number of benzene rings is 3. The normalized spacial score (nSPS) is 16.0. The quantitative estimate of drug-likeness (QED) is 0.344. The van der Waals surface area contributed by atoms with Crippen molar-refractivity contribution in [2.75, 3.05) is 56.7 Å². The van der Waals surface area contributed by atoms with Crippen LogP contribution in [0.1, 0.15) is 47.3 Å². The van der Waals surface area contributed by atoms with Gasteiger partial charge < -0.3 is 34.6 Å². The number of likely N-dealkylation sites (N-methyl/N-ethyl adjacent to an activating group) is 1. The smallest absolute Gasteiger partial charge is 0.406 e. The summed E-state index contributed by atoms with van der Waals surface area (Å²) in [4.78, 5) is 40.9. The van der Waals surface area contributed by atoms with Gasteiger partial charge in [0.1, 0.15) is 18.1 Å². The van der Waals surface area contributed by atoms with Crippen LogP contribution in [0.2, 0.25) is 0 Å². The van der Waals surface area contributed by atoms with Crippen molar-refractivity contribution in [2.24, 2.45) is 0 Å². The molecule has 3 aromatic carbocycles. The number of rotatable bonds is 10. The van der Waals surface area contributed by atoms with Crippen LogP contribution in [0.4, 0.5) is 16.2 Å². The summed E-state index contributed by atoms with van der Waals surface area (Å²) in [6, 6.07) is 19.2. The van der Waals surface area contributed by atoms with Crippen LogP contribution in [-0.2, 0) is 19.9 Å². The minimum absolute atomic E-state index is 0.0289. The SMILES string of the molecule is CCN(CCOC(=O)NC)c1ccc2c(c1)Oc1cc(N(CC)CCC(=O)NC)ccc1C21OC(=O)c2ccccc21. The number of carbonyl (C=O) groups is 3. The van der Waals surface area contributed by atoms with Crippen LogP contribution >= 0.6 is 0 Å². The second-order valence-corrected chi connectivity index (χ2v) is 10.0. The van der Waals surface area contributed by atoms with Crippen LogP contribution in [0.5, 0.6) is 11.5 Å². The zero-order chi connectivity index (χ0) is 29.9. The molecule has 42 heavy (non-hydrogen) atoms. The lowest BCUT2D eigenvalue weighted by molar-refractivity contribution is -0.120. The van der Waals surface area contributed by atoms with Gasteiger partial charge in [0.05, 0.1) is 12.1 Å². The number of anilines is 2. The number of ether oxygens (including phenoxy) is 3. The van der Waals surface area contributed by atoms with Crippen molar-refractivity contribution in [3.63, 3.8) is 0 Å². The lowest BCUT2D eigenvalue weighted by Crippen LogP contribution is -2.34. The predicted octanol–water partition coefficient (Wildman–Crippen LogP) is 4.40. The highest BCUT2D eigenvalue weighted by Crippen LogP contribution is 2.57. The van der Waals surface area contributed by atoms with E-state index in [-0.39, 0.29) is 18.5 Å². The van der Waals surface area contributed by atoms with Crippen molar-refractivity contribution in [2.45, 2.75) is 25.9 Å². The minimum atomic E-state index is -1.17. The maximum Gasteiger partial charge on any atom is 0.406 e. The van der Waals surface area contributed by atoms with E-state index in [2.05, 4.69) is 20.4 Å². The summed E-state index contributed by atoms with van der Waals surface area (Å²) in [5.41, 5.74) is 3.35. The van der Waals surface area contributed by atoms with Crippen LogP contribution in [0.3, 0.4) is 0 Å². The van der Waals surface area contributed by atoms with E-state index in [1.807, 2.05) is 68.4 Å². The van der Waals surface area contributed by atoms with Gasteiger partial charge in [0, 0.05) is 80.3 Å². The Morgan fingerprint density at radius 3 is 2.05 bits per heavy atom. The molecule has 1 spiro atoms. The summed E-state index contributed by atoms with van der Waals surface area (Å²) in [5.74, 6) is 0.727. The number of amides is 2. The van der Waals surface area contributed by atoms with Gasteiger partial charge in [0.25, 0.3) is 0 Å². The van der Waals surface area contributed by atoms with Gasteiger partial charge >= 0.3 is 12.1 Å². The fourth-order valence-corrected chi connectivity index (χ4v) is 5.67. The van der Waals surface area contributed by atoms with E-state index in [9.17, 15) is 14.4 Å². The Hall–Kier alpha value is -4.73. The van der Waals surface area contributed by atoms with Gasteiger partial charge in [-0.3, -0.25) is 4.79 Å². The number of esters is 1. The Labute approximate surface area is 245 Å². The molecule has 2 amide bonds. The molecular formula is C32H36N4O6. The third-order valence-electron chi connectivity index (χ3n) is 7.86. The van der Waals surface area contributed by atoms with Crippen molar-refractivity contribution in [1.82, 2.24) is 10.6 Å². The van der Waals surface area contributed by atoms with Crippen molar-refractivity contribution < 1.29 is 28.6 Å². The van der Waals surface area contributed by atoms with Crippen LogP contribution in [0, 0.1) is 0 Å². The Kier molecular flexibility index (Phi) is 8.24. The van der Waals surface area contributed by atoms with Gasteiger partial charge in [-0.15, -0.1) is 0 Å². The highest BCUT2D eigenvalue weighted by atomic mass is 16.6. The summed E-state index contributed by atoms with van der Waals surface area (Å²) in [7, 11) is 3.15. The van der Waals surface area contributed by atoms with Crippen molar-refractivity contribution >= 4 is 29.3 Å². The molecular weight excluding hydrogens is 536 g/mol. The lowest BCUT2D eigenvalue weighted by Gasteiger charge is -2.38. The van der Waals surface area contributed by atoms with E-state index in [0.29, 0.717) is 49.7 Å². The monoisotopic (exact) mass is 572 g/mol. The zero-order valence-electron chi connectivity index (χ0n) is 24.4. The largest absolute Gasteiger partial charge is 0.456 e. The third kappa shape index (κ3) is 5.08. The van der Waals surface area contributed by atoms with E-state index in [4.69, 9.17) is 14.2 Å². The maximum atomic E-state index is 13.2. The molecule has 10 heteroatoms. The molecule has 220 valence electrons. The van der Waals surface area contributed by atoms with Gasteiger partial charge in [0.2, 0.25) is 5.91 Å². The molecule has 0 bridgehead atoms. The van der Waals surface area contributed by atoms with Gasteiger partial charge in [-0.1, -0.05) is 18.2 Å². The number of alkyl carbamates (subject to hydrolysis) is 1. The number of fused-ring (bicyclic) bond motifs is 6. The van der Waals surface area contributed by atoms with Crippen molar-refractivity contribution in [3.8, 4) is 11.5 Å². The second kappa shape index (κ2) is 12.0. The fraction of sp³-hybridized carbons (Fsp3) is 0.344. The third-order valence-corrected chi connectivity index (χ3v) is 7.86. The van der Waals surface area contributed by atoms with E-state index in [1.54, 1.807) is 13.1 Å². The summed E-state index contributed by atoms with van der Waals surface area (Å²) in [5, 5.41) is 5.13. The average Bonchev–Trinajstić information content (AvgIpc) is 3.31. The van der Waals surface area contributed by atoms with Gasteiger partial charge in [-0.2, -0.15) is 0 Å². The average molecular weight is 573 g/mol. The van der Waals surface area contributed by atoms with Crippen LogP contribution in [0.15, 0.2) is 60.7 Å². The summed E-state index contributed by atoms with van der Waals surface area (Å²) in [6.45, 7) is 6.69. The second-order valence-electron chi connectivity index (χ2n) is 10.0. The summed E-state index contributed by atoms with van der Waals surface area (Å²) in [6.07, 6.45) is -0.118. The zero-order valence-corrected chi connectivity index (χ0v) is 24.4. The first-order valence-corrected chi connectivity index (χ1v) is 14.2. The molecule has 2 aliphatic rings. The minimum Gasteiger partial charge on any atom is -0.456 e.